The lowest BCUT2D eigenvalue weighted by Crippen LogP contribution is -2.49. The predicted molar refractivity (Wildman–Crippen MR) is 189 cm³/mol. The molecule has 9 nitrogen and oxygen atoms in total. The third-order valence-electron chi connectivity index (χ3n) is 11.4. The summed E-state index contributed by atoms with van der Waals surface area (Å²) >= 11 is 0. The number of halogens is 2. The van der Waals surface area contributed by atoms with E-state index in [1.54, 1.807) is 25.3 Å². The highest BCUT2D eigenvalue weighted by Crippen LogP contribution is 2.47. The van der Waals surface area contributed by atoms with Crippen molar-refractivity contribution in [3.05, 3.63) is 70.8 Å². The van der Waals surface area contributed by atoms with Crippen LogP contribution in [0.2, 0.25) is 0 Å². The van der Waals surface area contributed by atoms with E-state index in [0.717, 1.165) is 50.9 Å². The van der Waals surface area contributed by atoms with Crippen LogP contribution in [0, 0.1) is 30.6 Å². The van der Waals surface area contributed by atoms with Gasteiger partial charge in [0.1, 0.15) is 15.7 Å². The zero-order chi connectivity index (χ0) is 35.2. The van der Waals surface area contributed by atoms with Gasteiger partial charge >= 0.3 is 6.03 Å². The molecule has 2 aromatic rings. The maximum absolute atomic E-state index is 14.3. The molecular weight excluding hydrogens is 663 g/mol. The first kappa shape index (κ1) is 34.9. The minimum atomic E-state index is -3.63. The van der Waals surface area contributed by atoms with Crippen molar-refractivity contribution in [1.82, 2.24) is 10.0 Å². The number of benzene rings is 2. The quantitative estimate of drug-likeness (QED) is 0.347. The average Bonchev–Trinajstić information content (AvgIpc) is 3.84. The van der Waals surface area contributed by atoms with E-state index in [9.17, 15) is 22.6 Å². The van der Waals surface area contributed by atoms with Gasteiger partial charge in [0, 0.05) is 43.1 Å². The molecule has 2 aromatic carbocycles. The van der Waals surface area contributed by atoms with Gasteiger partial charge in [-0.1, -0.05) is 42.8 Å². The summed E-state index contributed by atoms with van der Waals surface area (Å²) in [6.07, 6.45) is 7.35. The molecule has 2 heterocycles. The zero-order valence-electron chi connectivity index (χ0n) is 29.0. The van der Waals surface area contributed by atoms with Crippen LogP contribution in [0.15, 0.2) is 52.9 Å². The summed E-state index contributed by atoms with van der Waals surface area (Å²) in [4.78, 5) is 29.1. The SMILES string of the molecule is CO[C@H]1/C=C/C[C@H](C)C[S@@](=O)(NC(=O)N[C@H]2C[C@@H]2C(F)F)=NC(=O)c2ccc3c(c2)N(C[C@@H]2CC[C@H]21)C[C@@]1(CCCc2cc(C)ccc21)CO3. The Hall–Kier alpha value is -3.51. The number of carbonyl (C=O) groups is 2. The first-order chi connectivity index (χ1) is 24.0. The fourth-order valence-corrected chi connectivity index (χ4v) is 10.4. The Morgan fingerprint density at radius 3 is 2.78 bits per heavy atom. The van der Waals surface area contributed by atoms with Crippen molar-refractivity contribution >= 4 is 27.5 Å². The van der Waals surface area contributed by atoms with E-state index in [2.05, 4.69) is 50.5 Å². The number of hydrogen-bond donors (Lipinski definition) is 2. The molecule has 12 heteroatoms. The molecule has 3 aliphatic carbocycles. The maximum Gasteiger partial charge on any atom is 0.327 e. The second-order valence-electron chi connectivity index (χ2n) is 15.2. The number of nitrogens with one attached hydrogen (secondary N) is 2. The molecule has 0 unspecified atom stereocenters. The summed E-state index contributed by atoms with van der Waals surface area (Å²) in [6, 6.07) is 10.4. The standard InChI is InChI=1S/C38H48F2N4O5S/c1-23-9-13-30-25(16-23)7-5-15-38(30)21-44-19-27-10-12-28(27)33(48-3)8-4-6-24(2)20-50(47,43-37(46)41-31-18-29(31)35(39)40)42-36(45)26-11-14-34(49-22-38)32(44)17-26/h4,8-9,11,13-14,16-17,24,27-29,31,33,35H,5-7,10,12,15,18-22H2,1-3H3,(H2,41,42,43,45,46,47)/b8-4+/t24-,27-,28+,29-,31-,33-,38-,50-/m0/s1. The number of urea groups is 1. The van der Waals surface area contributed by atoms with Crippen molar-refractivity contribution < 1.29 is 32.1 Å². The predicted octanol–water partition coefficient (Wildman–Crippen LogP) is 6.58. The van der Waals surface area contributed by atoms with Gasteiger partial charge in [0.05, 0.1) is 24.2 Å². The molecule has 0 radical (unpaired) electrons. The molecule has 7 rings (SSSR count). The number of anilines is 1. The van der Waals surface area contributed by atoms with Crippen LogP contribution in [0.25, 0.3) is 0 Å². The van der Waals surface area contributed by atoms with Crippen LogP contribution in [0.1, 0.15) is 72.5 Å². The molecule has 2 N–H and O–H groups in total. The van der Waals surface area contributed by atoms with Crippen LogP contribution in [-0.4, -0.2) is 67.3 Å². The van der Waals surface area contributed by atoms with Crippen LogP contribution in [0.4, 0.5) is 19.3 Å². The number of alkyl halides is 2. The van der Waals surface area contributed by atoms with Gasteiger partial charge in [0.2, 0.25) is 6.43 Å². The number of allylic oxidation sites excluding steroid dienone is 1. The van der Waals surface area contributed by atoms with E-state index in [-0.39, 0.29) is 35.2 Å². The zero-order valence-corrected chi connectivity index (χ0v) is 29.9. The Morgan fingerprint density at radius 2 is 2.04 bits per heavy atom. The topological polar surface area (TPSA) is 109 Å². The highest BCUT2D eigenvalue weighted by molar-refractivity contribution is 7.92. The Balaban J connectivity index is 1.26. The summed E-state index contributed by atoms with van der Waals surface area (Å²) in [6.45, 7) is 6.01. The van der Waals surface area contributed by atoms with Crippen LogP contribution < -0.4 is 19.7 Å². The first-order valence-corrected chi connectivity index (χ1v) is 19.6. The molecule has 2 bridgehead atoms. The molecule has 0 saturated heterocycles. The van der Waals surface area contributed by atoms with E-state index in [4.69, 9.17) is 9.47 Å². The summed E-state index contributed by atoms with van der Waals surface area (Å²) in [5, 5.41) is 2.48. The lowest BCUT2D eigenvalue weighted by atomic mass is 9.68. The molecule has 2 fully saturated rings. The van der Waals surface area contributed by atoms with E-state index in [1.165, 1.54) is 16.7 Å². The highest BCUT2D eigenvalue weighted by atomic mass is 32.2. The van der Waals surface area contributed by atoms with Crippen LogP contribution in [0.3, 0.4) is 0 Å². The van der Waals surface area contributed by atoms with Gasteiger partial charge in [-0.05, 0) is 98.9 Å². The van der Waals surface area contributed by atoms with Gasteiger partial charge in [0.25, 0.3) is 5.91 Å². The largest absolute Gasteiger partial charge is 0.490 e. The van der Waals surface area contributed by atoms with Crippen molar-refractivity contribution in [2.75, 3.05) is 37.5 Å². The van der Waals surface area contributed by atoms with Gasteiger partial charge in [-0.25, -0.2) is 17.8 Å². The van der Waals surface area contributed by atoms with Crippen molar-refractivity contribution in [3.63, 3.8) is 0 Å². The molecule has 3 amide bonds. The van der Waals surface area contributed by atoms with Crippen molar-refractivity contribution in [1.29, 1.82) is 0 Å². The Kier molecular flexibility index (Phi) is 9.71. The summed E-state index contributed by atoms with van der Waals surface area (Å²) in [7, 11) is -1.89. The lowest BCUT2D eigenvalue weighted by Gasteiger charge is -2.46. The normalized spacial score (nSPS) is 34.3. The smallest absolute Gasteiger partial charge is 0.327 e. The van der Waals surface area contributed by atoms with Crippen LogP contribution in [-0.2, 0) is 26.5 Å². The Labute approximate surface area is 293 Å². The monoisotopic (exact) mass is 710 g/mol. The van der Waals surface area contributed by atoms with E-state index < -0.39 is 40.2 Å². The summed E-state index contributed by atoms with van der Waals surface area (Å²) in [5.41, 5.74) is 4.74. The molecular formula is C38H48F2N4O5S. The van der Waals surface area contributed by atoms with Crippen molar-refractivity contribution in [2.45, 2.75) is 82.8 Å². The summed E-state index contributed by atoms with van der Waals surface area (Å²) < 4.78 is 59.7. The fraction of sp³-hybridized carbons (Fsp3) is 0.579. The van der Waals surface area contributed by atoms with Gasteiger partial charge in [0.15, 0.2) is 0 Å². The Bertz CT molecular complexity index is 1790. The number of ether oxygens (including phenoxy) is 2. The molecule has 8 atom stereocenters. The van der Waals surface area contributed by atoms with Gasteiger partial charge < -0.3 is 19.7 Å². The minimum absolute atomic E-state index is 0.0870. The van der Waals surface area contributed by atoms with Gasteiger partial charge in [-0.2, -0.15) is 0 Å². The number of nitrogens with zero attached hydrogens (tertiary/aromatic N) is 2. The highest BCUT2D eigenvalue weighted by Gasteiger charge is 2.46. The maximum atomic E-state index is 14.3. The fourth-order valence-electron chi connectivity index (χ4n) is 8.53. The molecule has 50 heavy (non-hydrogen) atoms. The number of aryl methyl sites for hydroxylation is 2. The molecule has 0 aromatic heterocycles. The number of methoxy groups -OCH3 is 1. The second kappa shape index (κ2) is 13.9. The molecule has 270 valence electrons. The van der Waals surface area contributed by atoms with Crippen molar-refractivity contribution in [3.8, 4) is 5.75 Å². The average molecular weight is 711 g/mol. The van der Waals surface area contributed by atoms with Gasteiger partial charge in [-0.15, -0.1) is 4.36 Å². The molecule has 2 aliphatic heterocycles. The van der Waals surface area contributed by atoms with E-state index in [1.807, 2.05) is 13.0 Å². The van der Waals surface area contributed by atoms with Crippen LogP contribution >= 0.6 is 0 Å². The van der Waals surface area contributed by atoms with E-state index >= 15 is 0 Å². The number of hydrogen-bond acceptors (Lipinski definition) is 6. The third-order valence-corrected chi connectivity index (χ3v) is 13.4. The summed E-state index contributed by atoms with van der Waals surface area (Å²) in [5.74, 6) is -0.589. The first-order valence-electron chi connectivity index (χ1n) is 17.9. The molecule has 2 saturated carbocycles. The number of rotatable bonds is 4. The van der Waals surface area contributed by atoms with Gasteiger partial charge in [-0.3, -0.25) is 9.52 Å². The third kappa shape index (κ3) is 7.15. The number of amides is 3. The molecule has 5 aliphatic rings. The number of carbonyl (C=O) groups excluding carboxylic acids is 2. The second-order valence-corrected chi connectivity index (χ2v) is 17.2. The molecule has 1 spiro atoms. The van der Waals surface area contributed by atoms with Crippen molar-refractivity contribution in [2.24, 2.45) is 28.0 Å². The lowest BCUT2D eigenvalue weighted by molar-refractivity contribution is 0.0131. The Morgan fingerprint density at radius 1 is 1.20 bits per heavy atom. The minimum Gasteiger partial charge on any atom is -0.490 e. The van der Waals surface area contributed by atoms with E-state index in [0.29, 0.717) is 30.6 Å². The van der Waals surface area contributed by atoms with Crippen LogP contribution in [0.5, 0.6) is 5.75 Å². The number of fused-ring (bicyclic) bond motifs is 4.